The fourth-order valence-corrected chi connectivity index (χ4v) is 2.16. The van der Waals surface area contributed by atoms with E-state index in [1.165, 1.54) is 17.7 Å². The zero-order valence-corrected chi connectivity index (χ0v) is 11.5. The van der Waals surface area contributed by atoms with E-state index in [1.54, 1.807) is 6.20 Å². The van der Waals surface area contributed by atoms with Gasteiger partial charge >= 0.3 is 0 Å². The second-order valence-electron chi connectivity index (χ2n) is 5.44. The van der Waals surface area contributed by atoms with Crippen LogP contribution in [-0.2, 0) is 16.1 Å². The molecule has 0 bridgehead atoms. The third-order valence-corrected chi connectivity index (χ3v) is 3.02. The van der Waals surface area contributed by atoms with Crippen LogP contribution in [0.1, 0.15) is 20.8 Å². The molecule has 2 rings (SSSR count). The summed E-state index contributed by atoms with van der Waals surface area (Å²) in [5.74, 6) is -0.0881. The Bertz CT molecular complexity index is 536. The zero-order chi connectivity index (χ0) is 14.0. The number of ether oxygens (including phenoxy) is 1. The summed E-state index contributed by atoms with van der Waals surface area (Å²) in [6.07, 6.45) is 1.63. The van der Waals surface area contributed by atoms with Crippen LogP contribution in [0.25, 0.3) is 0 Å². The van der Waals surface area contributed by atoms with Crippen LogP contribution < -0.4 is 10.5 Å². The first-order valence-corrected chi connectivity index (χ1v) is 6.33. The maximum Gasteiger partial charge on any atom is 0.269 e. The minimum Gasteiger partial charge on any atom is -0.372 e. The number of hydrogen-bond acceptors (Lipinski definition) is 5. The number of carbonyl (C=O) groups is 1. The van der Waals surface area contributed by atoms with Crippen molar-refractivity contribution in [3.63, 3.8) is 0 Å². The van der Waals surface area contributed by atoms with E-state index in [9.17, 15) is 9.59 Å². The number of Topliss-reactive ketones (excluding diaryl/α,β-unsaturated/α-hetero) is 1. The summed E-state index contributed by atoms with van der Waals surface area (Å²) in [4.78, 5) is 25.0. The van der Waals surface area contributed by atoms with Gasteiger partial charge in [-0.25, -0.2) is 4.68 Å². The lowest BCUT2D eigenvalue weighted by Gasteiger charge is -2.39. The second-order valence-corrected chi connectivity index (χ2v) is 5.44. The lowest BCUT2D eigenvalue weighted by Crippen LogP contribution is -2.48. The number of rotatable bonds is 3. The maximum atomic E-state index is 11.9. The largest absolute Gasteiger partial charge is 0.372 e. The molecule has 0 amide bonds. The molecule has 6 heteroatoms. The molecule has 1 aromatic rings. The fourth-order valence-electron chi connectivity index (χ4n) is 2.16. The molecule has 0 N–H and O–H groups in total. The van der Waals surface area contributed by atoms with Crippen molar-refractivity contribution < 1.29 is 9.53 Å². The van der Waals surface area contributed by atoms with Gasteiger partial charge in [0.2, 0.25) is 0 Å². The number of ketones is 1. The number of nitrogens with zero attached hydrogens (tertiary/aromatic N) is 3. The van der Waals surface area contributed by atoms with E-state index in [2.05, 4.69) is 10.00 Å². The maximum absolute atomic E-state index is 11.9. The van der Waals surface area contributed by atoms with E-state index in [1.807, 2.05) is 13.8 Å². The van der Waals surface area contributed by atoms with Gasteiger partial charge in [0.15, 0.2) is 5.78 Å². The smallest absolute Gasteiger partial charge is 0.269 e. The number of aromatic nitrogens is 2. The molecular weight excluding hydrogens is 246 g/mol. The summed E-state index contributed by atoms with van der Waals surface area (Å²) in [6, 6.07) is 1.53. The van der Waals surface area contributed by atoms with Crippen LogP contribution in [0.4, 0.5) is 5.69 Å². The van der Waals surface area contributed by atoms with E-state index in [0.29, 0.717) is 13.2 Å². The molecular formula is C13H19N3O3. The number of anilines is 1. The zero-order valence-electron chi connectivity index (χ0n) is 11.5. The number of carbonyl (C=O) groups excluding carboxylic acids is 1. The summed E-state index contributed by atoms with van der Waals surface area (Å²) in [7, 11) is 0. The van der Waals surface area contributed by atoms with Crippen molar-refractivity contribution in [3.05, 3.63) is 22.6 Å². The summed E-state index contributed by atoms with van der Waals surface area (Å²) in [5.41, 5.74) is 0.296. The van der Waals surface area contributed by atoms with Crippen molar-refractivity contribution >= 4 is 11.5 Å². The molecule has 0 aromatic carbocycles. The Labute approximate surface area is 112 Å². The summed E-state index contributed by atoms with van der Waals surface area (Å²) < 4.78 is 6.81. The molecule has 1 saturated heterocycles. The normalized spacial score (nSPS) is 18.4. The molecule has 1 aromatic heterocycles. The van der Waals surface area contributed by atoms with Gasteiger partial charge < -0.3 is 9.64 Å². The van der Waals surface area contributed by atoms with Gasteiger partial charge in [0.25, 0.3) is 5.56 Å². The topological polar surface area (TPSA) is 64.4 Å². The molecule has 1 aliphatic rings. The molecule has 0 spiro atoms. The van der Waals surface area contributed by atoms with Crippen molar-refractivity contribution in [2.24, 2.45) is 0 Å². The van der Waals surface area contributed by atoms with Crippen LogP contribution in [0.15, 0.2) is 17.1 Å². The Morgan fingerprint density at radius 2 is 2.26 bits per heavy atom. The fraction of sp³-hybridized carbons (Fsp3) is 0.615. The Kier molecular flexibility index (Phi) is 3.71. The summed E-state index contributed by atoms with van der Waals surface area (Å²) >= 11 is 0. The van der Waals surface area contributed by atoms with E-state index in [0.717, 1.165) is 12.2 Å². The molecule has 6 nitrogen and oxygen atoms in total. The Morgan fingerprint density at radius 1 is 1.53 bits per heavy atom. The Hall–Kier alpha value is -1.69. The predicted octanol–water partition coefficient (Wildman–Crippen LogP) is 0.448. The van der Waals surface area contributed by atoms with Gasteiger partial charge in [0.1, 0.15) is 6.54 Å². The third-order valence-electron chi connectivity index (χ3n) is 3.02. The molecule has 0 radical (unpaired) electrons. The standard InChI is InChI=1S/C13H19N3O3/c1-10(17)8-16-12(18)6-11(7-14-16)15-4-5-19-13(2,3)9-15/h6-7H,4-5,8-9H2,1-3H3. The lowest BCUT2D eigenvalue weighted by molar-refractivity contribution is -0.117. The number of morpholine rings is 1. The van der Waals surface area contributed by atoms with Crippen LogP contribution in [0.5, 0.6) is 0 Å². The SMILES string of the molecule is CC(=O)Cn1ncc(N2CCOC(C)(C)C2)cc1=O. The highest BCUT2D eigenvalue weighted by atomic mass is 16.5. The molecule has 0 unspecified atom stereocenters. The highest BCUT2D eigenvalue weighted by Gasteiger charge is 2.27. The average molecular weight is 265 g/mol. The summed E-state index contributed by atoms with van der Waals surface area (Å²) in [6.45, 7) is 7.57. The molecule has 0 saturated carbocycles. The molecule has 2 heterocycles. The molecule has 104 valence electrons. The quantitative estimate of drug-likeness (QED) is 0.794. The summed E-state index contributed by atoms with van der Waals surface area (Å²) in [5, 5.41) is 4.04. The lowest BCUT2D eigenvalue weighted by atomic mass is 10.1. The van der Waals surface area contributed by atoms with Gasteiger partial charge in [-0.05, 0) is 20.8 Å². The molecule has 0 atom stereocenters. The minimum atomic E-state index is -0.253. The highest BCUT2D eigenvalue weighted by Crippen LogP contribution is 2.21. The first kappa shape index (κ1) is 13.7. The van der Waals surface area contributed by atoms with Crippen molar-refractivity contribution in [1.29, 1.82) is 0 Å². The van der Waals surface area contributed by atoms with Gasteiger partial charge in [-0.2, -0.15) is 5.10 Å². The van der Waals surface area contributed by atoms with Gasteiger partial charge in [-0.3, -0.25) is 9.59 Å². The van der Waals surface area contributed by atoms with Gasteiger partial charge in [-0.1, -0.05) is 0 Å². The molecule has 0 aliphatic carbocycles. The van der Waals surface area contributed by atoms with Crippen LogP contribution >= 0.6 is 0 Å². The predicted molar refractivity (Wildman–Crippen MR) is 71.4 cm³/mol. The van der Waals surface area contributed by atoms with Gasteiger partial charge in [0, 0.05) is 19.2 Å². The van der Waals surface area contributed by atoms with Crippen molar-refractivity contribution in [1.82, 2.24) is 9.78 Å². The minimum absolute atomic E-state index is 0.0215. The molecule has 1 aliphatic heterocycles. The van der Waals surface area contributed by atoms with E-state index < -0.39 is 0 Å². The van der Waals surface area contributed by atoms with Crippen LogP contribution in [0, 0.1) is 0 Å². The Morgan fingerprint density at radius 3 is 2.84 bits per heavy atom. The first-order valence-electron chi connectivity index (χ1n) is 6.33. The van der Waals surface area contributed by atoms with Crippen LogP contribution in [0.2, 0.25) is 0 Å². The first-order chi connectivity index (χ1) is 8.87. The Balaban J connectivity index is 2.20. The third kappa shape index (κ3) is 3.41. The van der Waals surface area contributed by atoms with Gasteiger partial charge in [-0.15, -0.1) is 0 Å². The van der Waals surface area contributed by atoms with Crippen LogP contribution in [-0.4, -0.2) is 40.9 Å². The van der Waals surface area contributed by atoms with Crippen molar-refractivity contribution in [2.75, 3.05) is 24.6 Å². The second kappa shape index (κ2) is 5.13. The van der Waals surface area contributed by atoms with Crippen molar-refractivity contribution in [2.45, 2.75) is 32.9 Å². The average Bonchev–Trinajstić information content (AvgIpc) is 2.30. The van der Waals surface area contributed by atoms with Gasteiger partial charge in [0.05, 0.1) is 24.1 Å². The molecule has 1 fully saturated rings. The number of hydrogen-bond donors (Lipinski definition) is 0. The highest BCUT2D eigenvalue weighted by molar-refractivity contribution is 5.75. The van der Waals surface area contributed by atoms with E-state index in [4.69, 9.17) is 4.74 Å². The van der Waals surface area contributed by atoms with E-state index in [-0.39, 0.29) is 23.5 Å². The monoisotopic (exact) mass is 265 g/mol. The molecule has 19 heavy (non-hydrogen) atoms. The van der Waals surface area contributed by atoms with E-state index >= 15 is 0 Å². The van der Waals surface area contributed by atoms with Crippen LogP contribution in [0.3, 0.4) is 0 Å². The van der Waals surface area contributed by atoms with Crippen molar-refractivity contribution in [3.8, 4) is 0 Å².